The minimum atomic E-state index is 0.150. The predicted molar refractivity (Wildman–Crippen MR) is 50.2 cm³/mol. The largest absolute Gasteiger partial charge is 0.326 e. The van der Waals surface area contributed by atoms with Crippen molar-refractivity contribution in [2.75, 3.05) is 5.32 Å². The standard InChI is InChI=1S/C10H12N2O/c13-10(8-2-1-3-8)12-9-4-6-11-7-5-9/h4-8H,1-3H2,(H,11,12,13). The number of carbonyl (C=O) groups is 1. The summed E-state index contributed by atoms with van der Waals surface area (Å²) < 4.78 is 0. The summed E-state index contributed by atoms with van der Waals surface area (Å²) in [5.74, 6) is 0.394. The first-order chi connectivity index (χ1) is 6.36. The van der Waals surface area contributed by atoms with E-state index in [0.717, 1.165) is 18.5 Å². The smallest absolute Gasteiger partial charge is 0.227 e. The van der Waals surface area contributed by atoms with Crippen molar-refractivity contribution < 1.29 is 4.79 Å². The molecule has 1 fully saturated rings. The van der Waals surface area contributed by atoms with Gasteiger partial charge in [-0.15, -0.1) is 0 Å². The van der Waals surface area contributed by atoms with Crippen LogP contribution in [0.2, 0.25) is 0 Å². The van der Waals surface area contributed by atoms with Gasteiger partial charge in [0.05, 0.1) is 0 Å². The molecule has 0 aromatic carbocycles. The molecule has 0 saturated heterocycles. The zero-order chi connectivity index (χ0) is 9.10. The molecule has 0 unspecified atom stereocenters. The highest BCUT2D eigenvalue weighted by atomic mass is 16.1. The first kappa shape index (κ1) is 8.23. The van der Waals surface area contributed by atoms with Crippen LogP contribution in [0.4, 0.5) is 5.69 Å². The Morgan fingerprint density at radius 1 is 1.38 bits per heavy atom. The fraction of sp³-hybridized carbons (Fsp3) is 0.400. The van der Waals surface area contributed by atoms with E-state index in [1.54, 1.807) is 24.5 Å². The Morgan fingerprint density at radius 3 is 2.62 bits per heavy atom. The van der Waals surface area contributed by atoms with E-state index in [0.29, 0.717) is 0 Å². The number of nitrogens with one attached hydrogen (secondary N) is 1. The van der Waals surface area contributed by atoms with Crippen molar-refractivity contribution in [3.05, 3.63) is 24.5 Å². The van der Waals surface area contributed by atoms with E-state index >= 15 is 0 Å². The number of anilines is 1. The third kappa shape index (κ3) is 1.86. The summed E-state index contributed by atoms with van der Waals surface area (Å²) in [6, 6.07) is 3.60. The molecule has 13 heavy (non-hydrogen) atoms. The molecule has 1 saturated carbocycles. The number of rotatable bonds is 2. The molecule has 1 aliphatic rings. The van der Waals surface area contributed by atoms with Gasteiger partial charge in [-0.3, -0.25) is 9.78 Å². The average molecular weight is 176 g/mol. The summed E-state index contributed by atoms with van der Waals surface area (Å²) >= 11 is 0. The first-order valence-electron chi connectivity index (χ1n) is 4.57. The van der Waals surface area contributed by atoms with Crippen LogP contribution in [-0.2, 0) is 4.79 Å². The van der Waals surface area contributed by atoms with Gasteiger partial charge in [0.25, 0.3) is 0 Å². The Hall–Kier alpha value is -1.38. The lowest BCUT2D eigenvalue weighted by molar-refractivity contribution is -0.122. The van der Waals surface area contributed by atoms with Crippen LogP contribution in [0.1, 0.15) is 19.3 Å². The zero-order valence-electron chi connectivity index (χ0n) is 7.36. The number of nitrogens with zero attached hydrogens (tertiary/aromatic N) is 1. The van der Waals surface area contributed by atoms with Crippen LogP contribution in [0.25, 0.3) is 0 Å². The second-order valence-corrected chi connectivity index (χ2v) is 3.35. The van der Waals surface area contributed by atoms with Gasteiger partial charge in [0.1, 0.15) is 0 Å². The lowest BCUT2D eigenvalue weighted by Crippen LogP contribution is -2.27. The molecule has 0 radical (unpaired) electrons. The van der Waals surface area contributed by atoms with Crippen LogP contribution in [0.3, 0.4) is 0 Å². The summed E-state index contributed by atoms with van der Waals surface area (Å²) in [6.07, 6.45) is 6.62. The lowest BCUT2D eigenvalue weighted by atomic mass is 9.85. The molecule has 2 rings (SSSR count). The van der Waals surface area contributed by atoms with Gasteiger partial charge in [0.15, 0.2) is 0 Å². The van der Waals surface area contributed by atoms with Crippen LogP contribution >= 0.6 is 0 Å². The lowest BCUT2D eigenvalue weighted by Gasteiger charge is -2.23. The molecular formula is C10H12N2O. The maximum atomic E-state index is 11.5. The van der Waals surface area contributed by atoms with E-state index in [1.807, 2.05) is 0 Å². The molecule has 0 atom stereocenters. The summed E-state index contributed by atoms with van der Waals surface area (Å²) in [4.78, 5) is 15.3. The van der Waals surface area contributed by atoms with Crippen molar-refractivity contribution in [1.82, 2.24) is 4.98 Å². The maximum absolute atomic E-state index is 11.5. The fourth-order valence-electron chi connectivity index (χ4n) is 1.35. The van der Waals surface area contributed by atoms with Gasteiger partial charge in [0, 0.05) is 24.0 Å². The molecule has 0 aliphatic heterocycles. The summed E-state index contributed by atoms with van der Waals surface area (Å²) in [6.45, 7) is 0. The van der Waals surface area contributed by atoms with E-state index in [4.69, 9.17) is 0 Å². The van der Waals surface area contributed by atoms with Crippen molar-refractivity contribution in [3.8, 4) is 0 Å². The third-order valence-corrected chi connectivity index (χ3v) is 2.42. The van der Waals surface area contributed by atoms with Crippen LogP contribution in [-0.4, -0.2) is 10.9 Å². The number of hydrogen-bond donors (Lipinski definition) is 1. The third-order valence-electron chi connectivity index (χ3n) is 2.42. The SMILES string of the molecule is O=C(Nc1ccncc1)C1CCC1. The molecule has 1 aliphatic carbocycles. The van der Waals surface area contributed by atoms with E-state index in [2.05, 4.69) is 10.3 Å². The van der Waals surface area contributed by atoms with E-state index in [1.165, 1.54) is 6.42 Å². The summed E-state index contributed by atoms with van der Waals surface area (Å²) in [5, 5.41) is 2.86. The van der Waals surface area contributed by atoms with Gasteiger partial charge in [-0.1, -0.05) is 6.42 Å². The molecule has 3 nitrogen and oxygen atoms in total. The zero-order valence-corrected chi connectivity index (χ0v) is 7.36. The van der Waals surface area contributed by atoms with Crippen molar-refractivity contribution in [2.24, 2.45) is 5.92 Å². The van der Waals surface area contributed by atoms with Crippen molar-refractivity contribution in [1.29, 1.82) is 0 Å². The minimum Gasteiger partial charge on any atom is -0.326 e. The van der Waals surface area contributed by atoms with Crippen molar-refractivity contribution >= 4 is 11.6 Å². The minimum absolute atomic E-state index is 0.150. The van der Waals surface area contributed by atoms with Gasteiger partial charge >= 0.3 is 0 Å². The monoisotopic (exact) mass is 176 g/mol. The van der Waals surface area contributed by atoms with E-state index < -0.39 is 0 Å². The summed E-state index contributed by atoms with van der Waals surface area (Å²) in [5.41, 5.74) is 0.840. The second kappa shape index (κ2) is 3.56. The van der Waals surface area contributed by atoms with E-state index in [9.17, 15) is 4.79 Å². The maximum Gasteiger partial charge on any atom is 0.227 e. The van der Waals surface area contributed by atoms with Crippen LogP contribution in [0, 0.1) is 5.92 Å². The molecule has 3 heteroatoms. The Kier molecular flexibility index (Phi) is 2.25. The Labute approximate surface area is 77.2 Å². The highest BCUT2D eigenvalue weighted by Crippen LogP contribution is 2.27. The van der Waals surface area contributed by atoms with Gasteiger partial charge in [-0.05, 0) is 25.0 Å². The van der Waals surface area contributed by atoms with Crippen LogP contribution in [0.15, 0.2) is 24.5 Å². The molecular weight excluding hydrogens is 164 g/mol. The molecule has 1 amide bonds. The van der Waals surface area contributed by atoms with Crippen molar-refractivity contribution in [2.45, 2.75) is 19.3 Å². The quantitative estimate of drug-likeness (QED) is 0.746. The molecule has 1 aromatic heterocycles. The molecule has 0 bridgehead atoms. The first-order valence-corrected chi connectivity index (χ1v) is 4.57. The van der Waals surface area contributed by atoms with Gasteiger partial charge in [-0.25, -0.2) is 0 Å². The van der Waals surface area contributed by atoms with Crippen LogP contribution in [0.5, 0.6) is 0 Å². The molecule has 68 valence electrons. The molecule has 1 heterocycles. The second-order valence-electron chi connectivity index (χ2n) is 3.35. The highest BCUT2D eigenvalue weighted by Gasteiger charge is 2.24. The van der Waals surface area contributed by atoms with Gasteiger partial charge in [0.2, 0.25) is 5.91 Å². The van der Waals surface area contributed by atoms with Crippen LogP contribution < -0.4 is 5.32 Å². The number of amides is 1. The number of aromatic nitrogens is 1. The van der Waals surface area contributed by atoms with E-state index in [-0.39, 0.29) is 11.8 Å². The fourth-order valence-corrected chi connectivity index (χ4v) is 1.35. The number of pyridine rings is 1. The average Bonchev–Trinajstić information content (AvgIpc) is 2.02. The number of hydrogen-bond acceptors (Lipinski definition) is 2. The number of carbonyl (C=O) groups excluding carboxylic acids is 1. The van der Waals surface area contributed by atoms with Gasteiger partial charge < -0.3 is 5.32 Å². The van der Waals surface area contributed by atoms with Crippen molar-refractivity contribution in [3.63, 3.8) is 0 Å². The van der Waals surface area contributed by atoms with Gasteiger partial charge in [-0.2, -0.15) is 0 Å². The molecule has 0 spiro atoms. The predicted octanol–water partition coefficient (Wildman–Crippen LogP) is 1.82. The highest BCUT2D eigenvalue weighted by molar-refractivity contribution is 5.92. The summed E-state index contributed by atoms with van der Waals surface area (Å²) in [7, 11) is 0. The molecule has 1 N–H and O–H groups in total. The molecule has 1 aromatic rings. The Morgan fingerprint density at radius 2 is 2.08 bits per heavy atom. The Bertz CT molecular complexity index is 293. The normalized spacial score (nSPS) is 16.3. The Balaban J connectivity index is 1.94. The topological polar surface area (TPSA) is 42.0 Å².